The lowest BCUT2D eigenvalue weighted by molar-refractivity contribution is 0.460. The number of nitrogens with one attached hydrogen (secondary N) is 1. The number of benzene rings is 2. The maximum Gasteiger partial charge on any atom is 0.132 e. The van der Waals surface area contributed by atoms with E-state index in [0.717, 1.165) is 12.1 Å². The van der Waals surface area contributed by atoms with Crippen LogP contribution in [0, 0.1) is 5.82 Å². The molecule has 0 aliphatic carbocycles. The minimum atomic E-state index is -0.270. The topological polar surface area (TPSA) is 21.3 Å². The largest absolute Gasteiger partial charge is 0.457 e. The van der Waals surface area contributed by atoms with Gasteiger partial charge in [-0.3, -0.25) is 0 Å². The monoisotopic (exact) mass is 293 g/mol. The van der Waals surface area contributed by atoms with Crippen LogP contribution in [0.5, 0.6) is 11.5 Å². The first kappa shape index (κ1) is 14.8. The average Bonchev–Trinajstić information content (AvgIpc) is 2.43. The summed E-state index contributed by atoms with van der Waals surface area (Å²) in [6.45, 7) is 4.79. The first-order valence-corrected chi connectivity index (χ1v) is 6.94. The molecular weight excluding hydrogens is 277 g/mol. The Morgan fingerprint density at radius 1 is 1.20 bits per heavy atom. The van der Waals surface area contributed by atoms with Gasteiger partial charge in [-0.15, -0.1) is 0 Å². The zero-order valence-corrected chi connectivity index (χ0v) is 12.2. The van der Waals surface area contributed by atoms with E-state index in [4.69, 9.17) is 16.3 Å². The Morgan fingerprint density at radius 2 is 1.90 bits per heavy atom. The second-order valence-electron chi connectivity index (χ2n) is 4.52. The fraction of sp³-hybridized carbons (Fsp3) is 0.250. The van der Waals surface area contributed by atoms with Gasteiger partial charge in [0.2, 0.25) is 0 Å². The van der Waals surface area contributed by atoms with Gasteiger partial charge in [0.25, 0.3) is 0 Å². The van der Waals surface area contributed by atoms with Crippen molar-refractivity contribution in [2.45, 2.75) is 19.9 Å². The maximum absolute atomic E-state index is 13.4. The lowest BCUT2D eigenvalue weighted by Gasteiger charge is -2.17. The molecule has 1 unspecified atom stereocenters. The number of hydrogen-bond donors (Lipinski definition) is 1. The highest BCUT2D eigenvalue weighted by Crippen LogP contribution is 2.30. The third-order valence-corrected chi connectivity index (χ3v) is 3.24. The highest BCUT2D eigenvalue weighted by Gasteiger charge is 2.13. The van der Waals surface area contributed by atoms with Gasteiger partial charge in [0.05, 0.1) is 0 Å². The van der Waals surface area contributed by atoms with Crippen molar-refractivity contribution in [3.8, 4) is 11.5 Å². The van der Waals surface area contributed by atoms with Crippen LogP contribution in [0.15, 0.2) is 42.5 Å². The van der Waals surface area contributed by atoms with E-state index in [0.29, 0.717) is 16.5 Å². The van der Waals surface area contributed by atoms with Gasteiger partial charge in [0.1, 0.15) is 17.3 Å². The summed E-state index contributed by atoms with van der Waals surface area (Å²) in [5, 5.41) is 3.91. The van der Waals surface area contributed by atoms with Crippen LogP contribution < -0.4 is 10.1 Å². The summed E-state index contributed by atoms with van der Waals surface area (Å²) in [7, 11) is 0. The van der Waals surface area contributed by atoms with Crippen molar-refractivity contribution >= 4 is 11.6 Å². The molecule has 0 spiro atoms. The highest BCUT2D eigenvalue weighted by atomic mass is 35.5. The number of halogens is 2. The van der Waals surface area contributed by atoms with Crippen LogP contribution in [-0.4, -0.2) is 6.54 Å². The molecule has 2 aromatic rings. The molecule has 0 bridgehead atoms. The number of hydrogen-bond acceptors (Lipinski definition) is 2. The molecule has 1 atom stereocenters. The van der Waals surface area contributed by atoms with Crippen LogP contribution in [-0.2, 0) is 0 Å². The third-order valence-electron chi connectivity index (χ3n) is 2.99. The molecule has 0 aliphatic heterocycles. The van der Waals surface area contributed by atoms with Gasteiger partial charge >= 0.3 is 0 Å². The zero-order chi connectivity index (χ0) is 14.5. The smallest absolute Gasteiger partial charge is 0.132 e. The van der Waals surface area contributed by atoms with Crippen LogP contribution in [0.2, 0.25) is 5.02 Å². The van der Waals surface area contributed by atoms with E-state index in [1.165, 1.54) is 12.1 Å². The van der Waals surface area contributed by atoms with E-state index >= 15 is 0 Å². The van der Waals surface area contributed by atoms with E-state index < -0.39 is 0 Å². The van der Waals surface area contributed by atoms with Crippen molar-refractivity contribution in [2.24, 2.45) is 0 Å². The van der Waals surface area contributed by atoms with Crippen molar-refractivity contribution in [3.63, 3.8) is 0 Å². The first-order valence-electron chi connectivity index (χ1n) is 6.56. The molecule has 0 heterocycles. The Kier molecular flexibility index (Phi) is 4.99. The Balaban J connectivity index is 2.28. The molecule has 4 heteroatoms. The van der Waals surface area contributed by atoms with Crippen LogP contribution in [0.25, 0.3) is 0 Å². The Labute approximate surface area is 123 Å². The predicted octanol–water partition coefficient (Wildman–Crippen LogP) is 4.94. The molecule has 0 saturated heterocycles. The third kappa shape index (κ3) is 3.71. The predicted molar refractivity (Wildman–Crippen MR) is 80.0 cm³/mol. The molecule has 0 saturated carbocycles. The molecule has 20 heavy (non-hydrogen) atoms. The molecule has 0 amide bonds. The lowest BCUT2D eigenvalue weighted by atomic mass is 10.1. The van der Waals surface area contributed by atoms with E-state index in [1.54, 1.807) is 30.3 Å². The highest BCUT2D eigenvalue weighted by molar-refractivity contribution is 6.30. The molecule has 0 fully saturated rings. The molecule has 106 valence electrons. The molecule has 2 rings (SSSR count). The van der Waals surface area contributed by atoms with Gasteiger partial charge in [-0.1, -0.05) is 18.5 Å². The first-order chi connectivity index (χ1) is 9.60. The van der Waals surface area contributed by atoms with Crippen LogP contribution >= 0.6 is 11.6 Å². The van der Waals surface area contributed by atoms with E-state index in [1.807, 2.05) is 13.8 Å². The fourth-order valence-electron chi connectivity index (χ4n) is 2.00. The van der Waals surface area contributed by atoms with Gasteiger partial charge in [-0.2, -0.15) is 0 Å². The Morgan fingerprint density at radius 3 is 2.55 bits per heavy atom. The Bertz CT molecular complexity index is 571. The molecule has 2 aromatic carbocycles. The van der Waals surface area contributed by atoms with Gasteiger partial charge in [0, 0.05) is 16.6 Å². The van der Waals surface area contributed by atoms with Crippen molar-refractivity contribution in [2.75, 3.05) is 6.54 Å². The summed E-state index contributed by atoms with van der Waals surface area (Å²) in [6.07, 6.45) is 0. The molecular formula is C16H17ClFNO. The molecule has 0 aromatic heterocycles. The Hall–Kier alpha value is -1.58. The average molecular weight is 294 g/mol. The van der Waals surface area contributed by atoms with Crippen LogP contribution in [0.1, 0.15) is 25.5 Å². The SMILES string of the molecule is CCNC(C)c1cc(F)ccc1Oc1ccc(Cl)cc1. The van der Waals surface area contributed by atoms with Gasteiger partial charge in [0.15, 0.2) is 0 Å². The summed E-state index contributed by atoms with van der Waals surface area (Å²) in [4.78, 5) is 0. The van der Waals surface area contributed by atoms with Gasteiger partial charge in [-0.25, -0.2) is 4.39 Å². The minimum absolute atomic E-state index is 0.0120. The summed E-state index contributed by atoms with van der Waals surface area (Å²) < 4.78 is 19.3. The minimum Gasteiger partial charge on any atom is -0.457 e. The second-order valence-corrected chi connectivity index (χ2v) is 4.95. The zero-order valence-electron chi connectivity index (χ0n) is 11.5. The van der Waals surface area contributed by atoms with Crippen LogP contribution in [0.4, 0.5) is 4.39 Å². The lowest BCUT2D eigenvalue weighted by Crippen LogP contribution is -2.18. The van der Waals surface area contributed by atoms with Crippen LogP contribution in [0.3, 0.4) is 0 Å². The standard InChI is InChI=1S/C16H17ClFNO/c1-3-19-11(2)15-10-13(18)6-9-16(15)20-14-7-4-12(17)5-8-14/h4-11,19H,3H2,1-2H3. The summed E-state index contributed by atoms with van der Waals surface area (Å²) in [5.74, 6) is 1.04. The van der Waals surface area contributed by atoms with Crippen molar-refractivity contribution < 1.29 is 9.13 Å². The quantitative estimate of drug-likeness (QED) is 0.843. The molecule has 0 radical (unpaired) electrons. The van der Waals surface area contributed by atoms with E-state index in [9.17, 15) is 4.39 Å². The molecule has 2 nitrogen and oxygen atoms in total. The number of ether oxygens (including phenoxy) is 1. The normalized spacial score (nSPS) is 12.2. The van der Waals surface area contributed by atoms with E-state index in [2.05, 4.69) is 5.32 Å². The maximum atomic E-state index is 13.4. The molecule has 0 aliphatic rings. The van der Waals surface area contributed by atoms with Gasteiger partial charge < -0.3 is 10.1 Å². The van der Waals surface area contributed by atoms with E-state index in [-0.39, 0.29) is 11.9 Å². The second kappa shape index (κ2) is 6.73. The summed E-state index contributed by atoms with van der Waals surface area (Å²) in [6, 6.07) is 11.6. The van der Waals surface area contributed by atoms with Crippen molar-refractivity contribution in [3.05, 3.63) is 58.9 Å². The van der Waals surface area contributed by atoms with Gasteiger partial charge in [-0.05, 0) is 55.9 Å². The van der Waals surface area contributed by atoms with Crippen molar-refractivity contribution in [1.82, 2.24) is 5.32 Å². The fourth-order valence-corrected chi connectivity index (χ4v) is 2.12. The number of rotatable bonds is 5. The summed E-state index contributed by atoms with van der Waals surface area (Å²) >= 11 is 5.84. The van der Waals surface area contributed by atoms with Crippen molar-refractivity contribution in [1.29, 1.82) is 0 Å². The molecule has 1 N–H and O–H groups in total. The summed E-state index contributed by atoms with van der Waals surface area (Å²) in [5.41, 5.74) is 0.793.